The van der Waals surface area contributed by atoms with Gasteiger partial charge >= 0.3 is 0 Å². The first-order chi connectivity index (χ1) is 14.0. The van der Waals surface area contributed by atoms with Crippen molar-refractivity contribution in [3.05, 3.63) is 62.4 Å². The average molecular weight is 429 g/mol. The maximum Gasteiger partial charge on any atom is 0.289 e. The molecule has 0 bridgehead atoms. The third kappa shape index (κ3) is 3.81. The van der Waals surface area contributed by atoms with Gasteiger partial charge in [-0.25, -0.2) is 9.37 Å². The summed E-state index contributed by atoms with van der Waals surface area (Å²) >= 11 is 7.68. The summed E-state index contributed by atoms with van der Waals surface area (Å²) in [4.78, 5) is 5.34. The molecule has 1 aliphatic rings. The van der Waals surface area contributed by atoms with Crippen LogP contribution in [-0.4, -0.2) is 0 Å². The summed E-state index contributed by atoms with van der Waals surface area (Å²) in [5.41, 5.74) is 10.9. The van der Waals surface area contributed by atoms with Crippen molar-refractivity contribution in [2.75, 3.05) is 5.73 Å². The van der Waals surface area contributed by atoms with Gasteiger partial charge in [-0.15, -0.1) is 11.3 Å². The van der Waals surface area contributed by atoms with Gasteiger partial charge in [0.15, 0.2) is 0 Å². The van der Waals surface area contributed by atoms with Gasteiger partial charge in [-0.2, -0.15) is 5.26 Å². The summed E-state index contributed by atoms with van der Waals surface area (Å²) in [6.45, 7) is 2.34. The minimum atomic E-state index is -0.399. The maximum atomic E-state index is 13.2. The highest BCUT2D eigenvalue weighted by molar-refractivity contribution is 7.15. The Morgan fingerprint density at radius 1 is 1.31 bits per heavy atom. The van der Waals surface area contributed by atoms with E-state index in [-0.39, 0.29) is 5.02 Å². The Morgan fingerprint density at radius 2 is 2.10 bits per heavy atom. The summed E-state index contributed by atoms with van der Waals surface area (Å²) in [6, 6.07) is 8.42. The number of nitrogens with zero attached hydrogens (tertiary/aromatic N) is 1. The van der Waals surface area contributed by atoms with Gasteiger partial charge in [-0.05, 0) is 50.5 Å². The predicted octanol–water partition coefficient (Wildman–Crippen LogP) is 5.24. The van der Waals surface area contributed by atoms with Gasteiger partial charge in [-0.1, -0.05) is 11.6 Å². The second kappa shape index (κ2) is 8.02. The van der Waals surface area contributed by atoms with E-state index >= 15 is 0 Å². The number of benzene rings is 1. The zero-order valence-corrected chi connectivity index (χ0v) is 17.5. The second-order valence-electron chi connectivity index (χ2n) is 7.12. The number of pyridine rings is 1. The fourth-order valence-corrected chi connectivity index (χ4v) is 5.08. The molecule has 3 N–H and O–H groups in total. The molecule has 3 aromatic rings. The molecule has 29 heavy (non-hydrogen) atoms. The van der Waals surface area contributed by atoms with Crippen LogP contribution in [0.1, 0.15) is 40.1 Å². The number of rotatable bonds is 4. The van der Waals surface area contributed by atoms with Crippen molar-refractivity contribution in [1.29, 1.82) is 5.26 Å². The number of H-pyrrole nitrogens is 1. The van der Waals surface area contributed by atoms with E-state index in [0.29, 0.717) is 23.7 Å². The van der Waals surface area contributed by atoms with E-state index in [1.54, 1.807) is 11.3 Å². The van der Waals surface area contributed by atoms with Crippen LogP contribution in [0, 0.1) is 24.1 Å². The number of nitrogens with one attached hydrogen (secondary N) is 1. The molecule has 4 nitrogen and oxygen atoms in total. The van der Waals surface area contributed by atoms with Crippen LogP contribution in [0.25, 0.3) is 10.4 Å². The maximum absolute atomic E-state index is 13.2. The lowest BCUT2D eigenvalue weighted by molar-refractivity contribution is -0.374. The molecule has 0 fully saturated rings. The summed E-state index contributed by atoms with van der Waals surface area (Å²) in [7, 11) is 0. The number of nitrogen functional groups attached to an aromatic ring is 1. The average Bonchev–Trinajstić information content (AvgIpc) is 3.06. The first kappa shape index (κ1) is 19.7. The molecule has 2 aromatic heterocycles. The number of hydrogen-bond acceptors (Lipinski definition) is 4. The molecule has 2 heterocycles. The Bertz CT molecular complexity index is 1140. The van der Waals surface area contributed by atoms with Gasteiger partial charge in [0, 0.05) is 32.9 Å². The topological polar surface area (TPSA) is 73.2 Å². The minimum Gasteiger partial charge on any atom is -0.487 e. The summed E-state index contributed by atoms with van der Waals surface area (Å²) in [5, 5.41) is 9.97. The zero-order valence-electron chi connectivity index (χ0n) is 15.9. The predicted molar refractivity (Wildman–Crippen MR) is 113 cm³/mol. The van der Waals surface area contributed by atoms with Crippen molar-refractivity contribution in [1.82, 2.24) is 0 Å². The molecule has 148 valence electrons. The van der Waals surface area contributed by atoms with Crippen LogP contribution < -0.4 is 15.5 Å². The van der Waals surface area contributed by atoms with Gasteiger partial charge in [0.1, 0.15) is 35.5 Å². The van der Waals surface area contributed by atoms with E-state index < -0.39 is 5.82 Å². The Kier molecular flexibility index (Phi) is 5.44. The highest BCUT2D eigenvalue weighted by Crippen LogP contribution is 2.39. The monoisotopic (exact) mass is 428 g/mol. The highest BCUT2D eigenvalue weighted by atomic mass is 35.5. The number of thiophene rings is 1. The molecule has 0 atom stereocenters. The molecular weight excluding hydrogens is 409 g/mol. The van der Waals surface area contributed by atoms with Crippen molar-refractivity contribution in [3.8, 4) is 22.3 Å². The van der Waals surface area contributed by atoms with E-state index in [1.807, 2.05) is 6.92 Å². The molecule has 0 saturated heterocycles. The summed E-state index contributed by atoms with van der Waals surface area (Å²) < 4.78 is 19.0. The Hall–Kier alpha value is -2.62. The van der Waals surface area contributed by atoms with Gasteiger partial charge < -0.3 is 4.74 Å². The van der Waals surface area contributed by atoms with Crippen LogP contribution in [-0.2, 0) is 19.4 Å². The Labute approximate surface area is 177 Å². The summed E-state index contributed by atoms with van der Waals surface area (Å²) in [6.07, 6.45) is 4.10. The van der Waals surface area contributed by atoms with Crippen molar-refractivity contribution in [3.63, 3.8) is 0 Å². The van der Waals surface area contributed by atoms with Crippen LogP contribution in [0.15, 0.2) is 24.3 Å². The number of ether oxygens (including phenoxy) is 1. The molecule has 0 spiro atoms. The number of aryl methyl sites for hydroxylation is 2. The van der Waals surface area contributed by atoms with E-state index in [2.05, 4.69) is 17.1 Å². The van der Waals surface area contributed by atoms with E-state index in [4.69, 9.17) is 22.1 Å². The van der Waals surface area contributed by atoms with Crippen molar-refractivity contribution >= 4 is 28.8 Å². The number of halogens is 2. The Morgan fingerprint density at radius 3 is 2.86 bits per heavy atom. The molecule has 0 aliphatic heterocycles. The van der Waals surface area contributed by atoms with Crippen LogP contribution >= 0.6 is 22.9 Å². The first-order valence-electron chi connectivity index (χ1n) is 9.42. The molecule has 7 heteroatoms. The standard InChI is InChI=1S/C22H19ClFN3OS/c1-12-13(11-28-19-7-6-14(24)9-17(19)23)8-20(29-12)21-15-4-2-3-5-18(15)27-22(26)16(21)10-25/h6-9H,2-5,11H2,1H3,(H2,26,27)/p+1. The van der Waals surface area contributed by atoms with Crippen LogP contribution in [0.4, 0.5) is 10.2 Å². The number of anilines is 1. The van der Waals surface area contributed by atoms with Crippen molar-refractivity contribution in [2.24, 2.45) is 0 Å². The van der Waals surface area contributed by atoms with Crippen LogP contribution in [0.2, 0.25) is 5.02 Å². The number of fused-ring (bicyclic) bond motifs is 1. The van der Waals surface area contributed by atoms with Gasteiger partial charge in [-0.3, -0.25) is 5.73 Å². The molecule has 4 rings (SSSR count). The third-order valence-electron chi connectivity index (χ3n) is 5.23. The van der Waals surface area contributed by atoms with Crippen molar-refractivity contribution in [2.45, 2.75) is 39.2 Å². The first-order valence-corrected chi connectivity index (χ1v) is 10.6. The molecule has 0 saturated carbocycles. The SMILES string of the molecule is Cc1sc(-c2c(C#N)c(N)[nH+]c3c2CCCC3)cc1COc1ccc(F)cc1Cl. The molecule has 0 amide bonds. The van der Waals surface area contributed by atoms with Crippen LogP contribution in [0.5, 0.6) is 5.75 Å². The Balaban J connectivity index is 1.70. The second-order valence-corrected chi connectivity index (χ2v) is 8.78. The quantitative estimate of drug-likeness (QED) is 0.617. The van der Waals surface area contributed by atoms with Crippen molar-refractivity contribution < 1.29 is 14.1 Å². The fourth-order valence-electron chi connectivity index (χ4n) is 3.75. The number of nitrogens with two attached hydrogens (primary N) is 1. The fraction of sp³-hybridized carbons (Fsp3) is 0.273. The highest BCUT2D eigenvalue weighted by Gasteiger charge is 2.26. The molecule has 1 aliphatic carbocycles. The van der Waals surface area contributed by atoms with Gasteiger partial charge in [0.2, 0.25) is 0 Å². The number of nitriles is 1. The van der Waals surface area contributed by atoms with E-state index in [9.17, 15) is 9.65 Å². The smallest absolute Gasteiger partial charge is 0.289 e. The van der Waals surface area contributed by atoms with E-state index in [0.717, 1.165) is 52.3 Å². The number of aromatic amines is 1. The summed E-state index contributed by atoms with van der Waals surface area (Å²) in [5.74, 6) is 0.461. The number of hydrogen-bond donors (Lipinski definition) is 1. The third-order valence-corrected chi connectivity index (χ3v) is 6.64. The lowest BCUT2D eigenvalue weighted by atomic mass is 9.89. The van der Waals surface area contributed by atoms with Crippen LogP contribution in [0.3, 0.4) is 0 Å². The van der Waals surface area contributed by atoms with Gasteiger partial charge in [0.05, 0.1) is 5.02 Å². The molecule has 0 radical (unpaired) electrons. The molecule has 1 aromatic carbocycles. The lowest BCUT2D eigenvalue weighted by Gasteiger charge is -2.17. The van der Waals surface area contributed by atoms with E-state index in [1.165, 1.54) is 23.8 Å². The number of aromatic nitrogens is 1. The largest absolute Gasteiger partial charge is 0.487 e. The molecular formula is C22H20ClFN3OS+. The minimum absolute atomic E-state index is 0.241. The zero-order chi connectivity index (χ0) is 20.5. The lowest BCUT2D eigenvalue weighted by Crippen LogP contribution is -2.24. The molecule has 0 unspecified atom stereocenters. The normalized spacial score (nSPS) is 13.0. The van der Waals surface area contributed by atoms with Gasteiger partial charge in [0.25, 0.3) is 5.82 Å².